The Morgan fingerprint density at radius 1 is 1.11 bits per heavy atom. The number of ether oxygens (including phenoxy) is 2. The highest BCUT2D eigenvalue weighted by Gasteiger charge is 2.37. The summed E-state index contributed by atoms with van der Waals surface area (Å²) in [5.41, 5.74) is 3.83. The van der Waals surface area contributed by atoms with Gasteiger partial charge in [-0.25, -0.2) is 9.59 Å². The summed E-state index contributed by atoms with van der Waals surface area (Å²) in [6.07, 6.45) is -0.715. The lowest BCUT2D eigenvalue weighted by molar-refractivity contribution is -0.165. The van der Waals surface area contributed by atoms with Gasteiger partial charge in [0, 0.05) is 36.4 Å². The fourth-order valence-corrected chi connectivity index (χ4v) is 4.61. The van der Waals surface area contributed by atoms with Crippen LogP contribution in [0.25, 0.3) is 0 Å². The number of aliphatic imine (C=N–C) groups is 1. The number of carboxylic acids is 2. The molecule has 0 radical (unpaired) electrons. The molecule has 38 heavy (non-hydrogen) atoms. The van der Waals surface area contributed by atoms with Crippen molar-refractivity contribution in [1.82, 2.24) is 4.57 Å². The Hall–Kier alpha value is -3.74. The molecule has 4 rings (SSSR count). The molecule has 2 aromatic rings. The van der Waals surface area contributed by atoms with E-state index < -0.39 is 24.1 Å². The monoisotopic (exact) mass is 532 g/mol. The summed E-state index contributed by atoms with van der Waals surface area (Å²) in [6.45, 7) is 2.50. The zero-order valence-corrected chi connectivity index (χ0v) is 21.3. The van der Waals surface area contributed by atoms with Gasteiger partial charge in [0.25, 0.3) is 0 Å². The number of aryl methyl sites for hydroxylation is 1. The maximum absolute atomic E-state index is 11.8. The first kappa shape index (κ1) is 28.8. The van der Waals surface area contributed by atoms with E-state index in [9.17, 15) is 19.5 Å². The minimum atomic E-state index is -2.27. The molecule has 5 N–H and O–H groups in total. The fourth-order valence-electron chi connectivity index (χ4n) is 4.61. The van der Waals surface area contributed by atoms with Crippen LogP contribution in [0.4, 0.5) is 0 Å². The van der Waals surface area contributed by atoms with E-state index in [0.717, 1.165) is 35.2 Å². The zero-order valence-electron chi connectivity index (χ0n) is 21.3. The number of carbonyl (C=O) groups is 2. The van der Waals surface area contributed by atoms with Crippen LogP contribution in [0.5, 0.6) is 11.5 Å². The number of benzene rings is 1. The van der Waals surface area contributed by atoms with Crippen LogP contribution in [-0.2, 0) is 16.6 Å². The van der Waals surface area contributed by atoms with Crippen molar-refractivity contribution in [2.75, 3.05) is 13.7 Å². The number of aliphatic hydroxyl groups excluding tert-OH is 3. The molecule has 1 fully saturated rings. The van der Waals surface area contributed by atoms with Gasteiger partial charge in [-0.05, 0) is 49.9 Å². The lowest BCUT2D eigenvalue weighted by Gasteiger charge is -2.37. The van der Waals surface area contributed by atoms with Crippen LogP contribution in [0.3, 0.4) is 0 Å². The molecule has 1 aromatic carbocycles. The molecule has 1 saturated carbocycles. The number of aliphatic hydroxyl groups is 3. The van der Waals surface area contributed by atoms with E-state index >= 15 is 0 Å². The molecular weight excluding hydrogens is 500 g/mol. The summed E-state index contributed by atoms with van der Waals surface area (Å²) in [5.74, 6) is -2.01. The van der Waals surface area contributed by atoms with Gasteiger partial charge in [-0.3, -0.25) is 9.79 Å². The highest BCUT2D eigenvalue weighted by atomic mass is 16.5. The number of nitrogens with zero attached hydrogens (tertiary/aromatic N) is 2. The molecule has 2 heterocycles. The second-order valence-corrected chi connectivity index (χ2v) is 9.07. The number of fused-ring (bicyclic) bond motifs is 3. The van der Waals surface area contributed by atoms with Crippen molar-refractivity contribution in [3.05, 3.63) is 57.5 Å². The molecule has 1 aromatic heterocycles. The average Bonchev–Trinajstić information content (AvgIpc) is 2.89. The number of aliphatic carboxylic acids is 2. The Labute approximate surface area is 218 Å². The summed E-state index contributed by atoms with van der Waals surface area (Å²) in [7, 11) is 3.37. The molecule has 0 bridgehead atoms. The normalized spacial score (nSPS) is 21.4. The van der Waals surface area contributed by atoms with Crippen LogP contribution in [0.15, 0.2) is 40.2 Å². The third kappa shape index (κ3) is 6.21. The van der Waals surface area contributed by atoms with Crippen LogP contribution < -0.4 is 15.0 Å². The van der Waals surface area contributed by atoms with Gasteiger partial charge in [-0.1, -0.05) is 0 Å². The van der Waals surface area contributed by atoms with Crippen molar-refractivity contribution >= 4 is 17.7 Å². The standard InChI is InChI=1S/C22H26N2O4.C4H6O6/c1-4-28-20-10-15-16-9-14(25)6-7-18(16)23-22(17(15)11-19(20)27-3)13-5-8-21(26)24(2)12-13;5-1(3(7)8)2(6)4(9)10/h5,8,10-12,14,16,18,25H,4,6-7,9H2,1-3H3;1-2,5-6H,(H,7,8)(H,9,10)/t14-,16-,18-;1-,2-/m11/s1. The first-order chi connectivity index (χ1) is 18.0. The predicted molar refractivity (Wildman–Crippen MR) is 135 cm³/mol. The highest BCUT2D eigenvalue weighted by molar-refractivity contribution is 6.14. The SMILES string of the molecule is CCOc1cc2c(cc1OC)C(c1ccc(=O)n(C)c1)=N[C@@H]1CC[C@@H](O)C[C@H]21.O=C(O)[C@H](O)[C@@H](O)C(=O)O. The van der Waals surface area contributed by atoms with E-state index in [0.29, 0.717) is 24.5 Å². The van der Waals surface area contributed by atoms with E-state index in [1.165, 1.54) is 0 Å². The lowest BCUT2D eigenvalue weighted by atomic mass is 9.74. The minimum Gasteiger partial charge on any atom is -0.493 e. The van der Waals surface area contributed by atoms with Gasteiger partial charge in [-0.15, -0.1) is 0 Å². The molecule has 0 amide bonds. The molecule has 0 unspecified atom stereocenters. The molecule has 206 valence electrons. The third-order valence-electron chi connectivity index (χ3n) is 6.54. The topological polar surface area (TPSA) is 188 Å². The van der Waals surface area contributed by atoms with Crippen molar-refractivity contribution in [3.63, 3.8) is 0 Å². The van der Waals surface area contributed by atoms with E-state index in [1.54, 1.807) is 24.8 Å². The Bertz CT molecular complexity index is 1250. The van der Waals surface area contributed by atoms with Crippen molar-refractivity contribution in [1.29, 1.82) is 0 Å². The zero-order chi connectivity index (χ0) is 28.1. The van der Waals surface area contributed by atoms with E-state index in [1.807, 2.05) is 31.3 Å². The first-order valence-corrected chi connectivity index (χ1v) is 12.1. The number of hydrogen-bond donors (Lipinski definition) is 5. The molecule has 0 saturated heterocycles. The maximum atomic E-state index is 11.8. The van der Waals surface area contributed by atoms with Gasteiger partial charge >= 0.3 is 11.9 Å². The van der Waals surface area contributed by atoms with Crippen LogP contribution in [-0.4, -0.2) is 85.8 Å². The second-order valence-electron chi connectivity index (χ2n) is 9.07. The molecule has 0 spiro atoms. The number of aromatic nitrogens is 1. The Morgan fingerprint density at radius 3 is 2.32 bits per heavy atom. The van der Waals surface area contributed by atoms with Crippen LogP contribution in [0.1, 0.15) is 48.8 Å². The number of methoxy groups -OCH3 is 1. The van der Waals surface area contributed by atoms with Crippen molar-refractivity contribution in [3.8, 4) is 11.5 Å². The smallest absolute Gasteiger partial charge is 0.335 e. The van der Waals surface area contributed by atoms with Crippen LogP contribution in [0, 0.1) is 0 Å². The Kier molecular flexibility index (Phi) is 9.26. The number of pyridine rings is 1. The summed E-state index contributed by atoms with van der Waals surface area (Å²) in [4.78, 5) is 36.4. The van der Waals surface area contributed by atoms with Crippen LogP contribution in [0.2, 0.25) is 0 Å². The summed E-state index contributed by atoms with van der Waals surface area (Å²) >= 11 is 0. The van der Waals surface area contributed by atoms with Crippen LogP contribution >= 0.6 is 0 Å². The van der Waals surface area contributed by atoms with Gasteiger partial charge in [0.2, 0.25) is 5.56 Å². The molecular formula is C26H32N2O10. The third-order valence-corrected chi connectivity index (χ3v) is 6.54. The van der Waals surface area contributed by atoms with Gasteiger partial charge < -0.3 is 39.6 Å². The summed E-state index contributed by atoms with van der Waals surface area (Å²) in [6, 6.07) is 7.53. The summed E-state index contributed by atoms with van der Waals surface area (Å²) < 4.78 is 12.9. The molecule has 12 nitrogen and oxygen atoms in total. The fraction of sp³-hybridized carbons (Fsp3) is 0.462. The second kappa shape index (κ2) is 12.2. The Balaban J connectivity index is 0.000000342. The average molecular weight is 533 g/mol. The molecule has 2 aliphatic rings. The van der Waals surface area contributed by atoms with Gasteiger partial charge in [0.1, 0.15) is 0 Å². The maximum Gasteiger partial charge on any atom is 0.335 e. The number of rotatable bonds is 7. The number of hydrogen-bond acceptors (Lipinski definition) is 9. The van der Waals surface area contributed by atoms with E-state index in [2.05, 4.69) is 0 Å². The number of carboxylic acid groups (broad SMARTS) is 2. The highest BCUT2D eigenvalue weighted by Crippen LogP contribution is 2.44. The van der Waals surface area contributed by atoms with Gasteiger partial charge in [0.15, 0.2) is 23.7 Å². The Morgan fingerprint density at radius 2 is 1.76 bits per heavy atom. The molecule has 12 heteroatoms. The first-order valence-electron chi connectivity index (χ1n) is 12.1. The molecule has 1 aliphatic heterocycles. The quantitative estimate of drug-likeness (QED) is 0.336. The van der Waals surface area contributed by atoms with E-state index in [4.69, 9.17) is 34.9 Å². The molecule has 1 aliphatic carbocycles. The largest absolute Gasteiger partial charge is 0.493 e. The van der Waals surface area contributed by atoms with E-state index in [-0.39, 0.29) is 23.6 Å². The molecule has 5 atom stereocenters. The van der Waals surface area contributed by atoms with Gasteiger partial charge in [-0.2, -0.15) is 0 Å². The van der Waals surface area contributed by atoms with Crippen molar-refractivity contribution in [2.24, 2.45) is 12.0 Å². The van der Waals surface area contributed by atoms with Gasteiger partial charge in [0.05, 0.1) is 31.6 Å². The predicted octanol–water partition coefficient (Wildman–Crippen LogP) is 0.518. The lowest BCUT2D eigenvalue weighted by Crippen LogP contribution is -2.39. The van der Waals surface area contributed by atoms with Crippen molar-refractivity contribution < 1.29 is 44.6 Å². The van der Waals surface area contributed by atoms with Crippen molar-refractivity contribution in [2.45, 2.75) is 56.5 Å². The summed E-state index contributed by atoms with van der Waals surface area (Å²) in [5, 5.41) is 42.8. The minimum absolute atomic E-state index is 0.0525.